The van der Waals surface area contributed by atoms with Crippen molar-refractivity contribution in [1.29, 1.82) is 0 Å². The van der Waals surface area contributed by atoms with Gasteiger partial charge >= 0.3 is 0 Å². The number of pyridine rings is 1. The normalized spacial score (nSPS) is 20.7. The van der Waals surface area contributed by atoms with E-state index < -0.39 is 0 Å². The van der Waals surface area contributed by atoms with Gasteiger partial charge in [0, 0.05) is 41.5 Å². The molecule has 6 rings (SSSR count). The van der Waals surface area contributed by atoms with E-state index in [0.29, 0.717) is 5.92 Å². The van der Waals surface area contributed by atoms with Crippen molar-refractivity contribution in [3.63, 3.8) is 0 Å². The van der Waals surface area contributed by atoms with Crippen LogP contribution in [0.25, 0.3) is 22.5 Å². The van der Waals surface area contributed by atoms with Crippen molar-refractivity contribution in [2.45, 2.75) is 44.4 Å². The van der Waals surface area contributed by atoms with Crippen LogP contribution in [-0.2, 0) is 6.42 Å². The first kappa shape index (κ1) is 19.7. The van der Waals surface area contributed by atoms with Crippen molar-refractivity contribution in [1.82, 2.24) is 9.88 Å². The zero-order valence-corrected chi connectivity index (χ0v) is 18.3. The third-order valence-corrected chi connectivity index (χ3v) is 7.38. The van der Waals surface area contributed by atoms with E-state index in [-0.39, 0.29) is 0 Å². The van der Waals surface area contributed by atoms with Crippen molar-refractivity contribution in [3.8, 4) is 22.5 Å². The Morgan fingerprint density at radius 3 is 2.50 bits per heavy atom. The fraction of sp³-hybridized carbons (Fsp3) is 0.407. The maximum atomic E-state index is 9.27. The van der Waals surface area contributed by atoms with Crippen LogP contribution in [0.5, 0.6) is 0 Å². The van der Waals surface area contributed by atoms with Crippen LogP contribution < -0.4 is 0 Å². The predicted octanol–water partition coefficient (Wildman–Crippen LogP) is 5.72. The SMILES string of the molecule is O/N=C1/CCc2cc(-c3cc(C4CCN(CC5CC5)CC4)oc3-c3ccncc3)ccc21. The maximum Gasteiger partial charge on any atom is 0.142 e. The number of nitrogens with zero attached hydrogens (tertiary/aromatic N) is 3. The second-order valence-electron chi connectivity index (χ2n) is 9.56. The average molecular weight is 428 g/mol. The van der Waals surface area contributed by atoms with Crippen LogP contribution in [0.4, 0.5) is 0 Å². The zero-order valence-electron chi connectivity index (χ0n) is 18.3. The van der Waals surface area contributed by atoms with E-state index in [9.17, 15) is 5.21 Å². The Labute approximate surface area is 188 Å². The number of piperidine rings is 1. The fourth-order valence-electron chi connectivity index (χ4n) is 5.35. The molecule has 3 heterocycles. The molecule has 1 N–H and O–H groups in total. The lowest BCUT2D eigenvalue weighted by Gasteiger charge is -2.31. The number of likely N-dealkylation sites (tertiary alicyclic amines) is 1. The summed E-state index contributed by atoms with van der Waals surface area (Å²) in [5.74, 6) is 3.46. The Morgan fingerprint density at radius 1 is 0.938 bits per heavy atom. The summed E-state index contributed by atoms with van der Waals surface area (Å²) in [7, 11) is 0. The minimum absolute atomic E-state index is 0.474. The summed E-state index contributed by atoms with van der Waals surface area (Å²) in [4.78, 5) is 6.83. The minimum atomic E-state index is 0.474. The molecule has 0 unspecified atom stereocenters. The van der Waals surface area contributed by atoms with Crippen molar-refractivity contribution in [2.75, 3.05) is 19.6 Å². The summed E-state index contributed by atoms with van der Waals surface area (Å²) in [6, 6.07) is 12.8. The van der Waals surface area contributed by atoms with Gasteiger partial charge in [-0.3, -0.25) is 4.98 Å². The van der Waals surface area contributed by atoms with Crippen LogP contribution >= 0.6 is 0 Å². The number of furan rings is 1. The molecule has 164 valence electrons. The number of aromatic nitrogens is 1. The van der Waals surface area contributed by atoms with Gasteiger partial charge in [-0.2, -0.15) is 0 Å². The topological polar surface area (TPSA) is 61.9 Å². The number of oxime groups is 1. The summed E-state index contributed by atoms with van der Waals surface area (Å²) in [5.41, 5.74) is 6.46. The van der Waals surface area contributed by atoms with Crippen LogP contribution in [0.2, 0.25) is 0 Å². The lowest BCUT2D eigenvalue weighted by molar-refractivity contribution is 0.196. The Kier molecular flexibility index (Phi) is 5.07. The quantitative estimate of drug-likeness (QED) is 0.418. The summed E-state index contributed by atoms with van der Waals surface area (Å²) in [5, 5.41) is 12.8. The van der Waals surface area contributed by atoms with E-state index in [4.69, 9.17) is 4.42 Å². The van der Waals surface area contributed by atoms with E-state index in [1.54, 1.807) is 0 Å². The van der Waals surface area contributed by atoms with Crippen LogP contribution in [0.15, 0.2) is 58.4 Å². The van der Waals surface area contributed by atoms with E-state index >= 15 is 0 Å². The molecule has 1 aromatic carbocycles. The van der Waals surface area contributed by atoms with Crippen molar-refractivity contribution >= 4 is 5.71 Å². The molecule has 1 saturated carbocycles. The van der Waals surface area contributed by atoms with Gasteiger partial charge in [-0.25, -0.2) is 0 Å². The highest BCUT2D eigenvalue weighted by molar-refractivity contribution is 6.04. The second kappa shape index (κ2) is 8.21. The standard InChI is InChI=1S/C27H29N3O2/c31-29-25-6-4-21-15-22(3-5-23(21)25)24-16-26(32-27(24)20-7-11-28-12-8-20)19-9-13-30(14-10-19)17-18-1-2-18/h3,5,7-8,11-12,15-16,18-19,31H,1-2,4,6,9-10,13-14,17H2/b29-25-. The third kappa shape index (κ3) is 3.75. The molecule has 3 aliphatic rings. The van der Waals surface area contributed by atoms with Crippen LogP contribution in [-0.4, -0.2) is 40.4 Å². The lowest BCUT2D eigenvalue weighted by atomic mass is 9.92. The second-order valence-corrected chi connectivity index (χ2v) is 9.56. The Balaban J connectivity index is 1.33. The molecular formula is C27H29N3O2. The highest BCUT2D eigenvalue weighted by Gasteiger charge is 2.29. The zero-order chi connectivity index (χ0) is 21.5. The number of hydrogen-bond donors (Lipinski definition) is 1. The van der Waals surface area contributed by atoms with Gasteiger partial charge in [0.2, 0.25) is 0 Å². The number of aryl methyl sites for hydroxylation is 1. The van der Waals surface area contributed by atoms with E-state index in [1.165, 1.54) is 38.0 Å². The summed E-state index contributed by atoms with van der Waals surface area (Å²) >= 11 is 0. The fourth-order valence-corrected chi connectivity index (χ4v) is 5.35. The van der Waals surface area contributed by atoms with Gasteiger partial charge in [-0.15, -0.1) is 0 Å². The molecule has 5 heteroatoms. The van der Waals surface area contributed by atoms with Crippen LogP contribution in [0.1, 0.15) is 54.9 Å². The molecule has 0 amide bonds. The van der Waals surface area contributed by atoms with Gasteiger partial charge in [-0.1, -0.05) is 23.4 Å². The highest BCUT2D eigenvalue weighted by atomic mass is 16.4. The van der Waals surface area contributed by atoms with Gasteiger partial charge in [-0.05, 0) is 86.9 Å². The van der Waals surface area contributed by atoms with E-state index in [2.05, 4.69) is 39.3 Å². The number of benzene rings is 1. The molecule has 0 radical (unpaired) electrons. The van der Waals surface area contributed by atoms with Gasteiger partial charge in [0.1, 0.15) is 11.5 Å². The molecule has 2 fully saturated rings. The van der Waals surface area contributed by atoms with E-state index in [1.807, 2.05) is 24.5 Å². The van der Waals surface area contributed by atoms with Gasteiger partial charge in [0.05, 0.1) is 5.71 Å². The molecule has 5 nitrogen and oxygen atoms in total. The molecule has 2 aromatic heterocycles. The maximum absolute atomic E-state index is 9.27. The molecule has 1 aliphatic heterocycles. The summed E-state index contributed by atoms with van der Waals surface area (Å²) in [6.45, 7) is 3.63. The number of fused-ring (bicyclic) bond motifs is 1. The summed E-state index contributed by atoms with van der Waals surface area (Å²) in [6.07, 6.45) is 10.5. The molecule has 0 atom stereocenters. The molecule has 1 saturated heterocycles. The largest absolute Gasteiger partial charge is 0.460 e. The first-order chi connectivity index (χ1) is 15.8. The molecule has 0 bridgehead atoms. The van der Waals surface area contributed by atoms with Gasteiger partial charge in [0.15, 0.2) is 0 Å². The Bertz CT molecular complexity index is 1140. The minimum Gasteiger partial charge on any atom is -0.460 e. The van der Waals surface area contributed by atoms with Crippen molar-refractivity contribution in [3.05, 3.63) is 65.7 Å². The number of hydrogen-bond acceptors (Lipinski definition) is 5. The first-order valence-electron chi connectivity index (χ1n) is 11.9. The first-order valence-corrected chi connectivity index (χ1v) is 11.9. The molecule has 32 heavy (non-hydrogen) atoms. The Hall–Kier alpha value is -2.92. The van der Waals surface area contributed by atoms with Crippen LogP contribution in [0.3, 0.4) is 0 Å². The molecule has 2 aliphatic carbocycles. The monoisotopic (exact) mass is 427 g/mol. The van der Waals surface area contributed by atoms with Crippen molar-refractivity contribution in [2.24, 2.45) is 11.1 Å². The smallest absolute Gasteiger partial charge is 0.142 e. The van der Waals surface area contributed by atoms with Gasteiger partial charge < -0.3 is 14.5 Å². The third-order valence-electron chi connectivity index (χ3n) is 7.38. The summed E-state index contributed by atoms with van der Waals surface area (Å²) < 4.78 is 6.58. The Morgan fingerprint density at radius 2 is 1.75 bits per heavy atom. The molecule has 3 aromatic rings. The van der Waals surface area contributed by atoms with Crippen molar-refractivity contribution < 1.29 is 9.62 Å². The molecule has 0 spiro atoms. The van der Waals surface area contributed by atoms with Gasteiger partial charge in [0.25, 0.3) is 0 Å². The molecular weight excluding hydrogens is 398 g/mol. The average Bonchev–Trinajstić information content (AvgIpc) is 3.39. The van der Waals surface area contributed by atoms with Crippen LogP contribution in [0, 0.1) is 5.92 Å². The van der Waals surface area contributed by atoms with E-state index in [0.717, 1.165) is 71.1 Å². The lowest BCUT2D eigenvalue weighted by Crippen LogP contribution is -2.34. The number of rotatable bonds is 5. The predicted molar refractivity (Wildman–Crippen MR) is 125 cm³/mol. The highest BCUT2D eigenvalue weighted by Crippen LogP contribution is 2.41.